The second-order valence-electron chi connectivity index (χ2n) is 4.39. The van der Waals surface area contributed by atoms with Crippen LogP contribution in [0.5, 0.6) is 0 Å². The summed E-state index contributed by atoms with van der Waals surface area (Å²) in [5.41, 5.74) is 1.83. The fraction of sp³-hybridized carbons (Fsp3) is 0.429. The fourth-order valence-corrected chi connectivity index (χ4v) is 2.37. The molecule has 0 spiro atoms. The number of hydrogen-bond acceptors (Lipinski definition) is 4. The zero-order valence-corrected chi connectivity index (χ0v) is 13.2. The topological polar surface area (TPSA) is 55.6 Å². The van der Waals surface area contributed by atoms with Crippen molar-refractivity contribution in [2.75, 3.05) is 18.5 Å². The molecule has 0 bridgehead atoms. The largest absolute Gasteiger partial charge is 0.465 e. The molecule has 0 aliphatic rings. The van der Waals surface area contributed by atoms with Crippen molar-refractivity contribution in [2.24, 2.45) is 0 Å². The summed E-state index contributed by atoms with van der Waals surface area (Å²) in [5.74, 6) is 0.594. The molecule has 2 aromatic heterocycles. The van der Waals surface area contributed by atoms with E-state index in [1.54, 1.807) is 6.92 Å². The van der Waals surface area contributed by atoms with Gasteiger partial charge in [0.25, 0.3) is 0 Å². The van der Waals surface area contributed by atoms with Gasteiger partial charge in [0, 0.05) is 10.7 Å². The molecule has 0 fully saturated rings. The molecule has 0 unspecified atom stereocenters. The van der Waals surface area contributed by atoms with Crippen molar-refractivity contribution in [3.63, 3.8) is 0 Å². The van der Waals surface area contributed by atoms with Crippen molar-refractivity contribution >= 4 is 33.4 Å². The zero-order valence-electron chi connectivity index (χ0n) is 11.6. The summed E-state index contributed by atoms with van der Waals surface area (Å²) in [6, 6.07) is 3.89. The second-order valence-corrected chi connectivity index (χ2v) is 5.31. The molecule has 0 aromatic carbocycles. The lowest BCUT2D eigenvalue weighted by atomic mass is 10.2. The Bertz CT molecular complexity index is 610. The molecule has 0 atom stereocenters. The van der Waals surface area contributed by atoms with Crippen LogP contribution in [0.4, 0.5) is 5.82 Å². The first kappa shape index (κ1) is 14.8. The maximum atomic E-state index is 11.5. The number of imidazole rings is 1. The van der Waals surface area contributed by atoms with E-state index in [0.717, 1.165) is 34.5 Å². The van der Waals surface area contributed by atoms with Crippen molar-refractivity contribution in [1.29, 1.82) is 0 Å². The Hall–Kier alpha value is -1.56. The molecule has 0 saturated carbocycles. The minimum absolute atomic E-state index is 0.144. The maximum absolute atomic E-state index is 11.5. The van der Waals surface area contributed by atoms with Crippen molar-refractivity contribution in [2.45, 2.75) is 26.7 Å². The molecule has 6 heteroatoms. The summed E-state index contributed by atoms with van der Waals surface area (Å²) < 4.78 is 7.85. The number of halogens is 1. The Morgan fingerprint density at radius 3 is 2.95 bits per heavy atom. The van der Waals surface area contributed by atoms with E-state index in [4.69, 9.17) is 4.74 Å². The average Bonchev–Trinajstić information content (AvgIpc) is 2.74. The Morgan fingerprint density at radius 1 is 1.45 bits per heavy atom. The lowest BCUT2D eigenvalue weighted by molar-refractivity contribution is -0.140. The van der Waals surface area contributed by atoms with Crippen LogP contribution in [0, 0.1) is 0 Å². The molecular weight excluding hydrogens is 322 g/mol. The van der Waals surface area contributed by atoms with Crippen LogP contribution < -0.4 is 5.32 Å². The lowest BCUT2D eigenvalue weighted by Crippen LogP contribution is -2.18. The number of nitrogens with one attached hydrogen (secondary N) is 1. The van der Waals surface area contributed by atoms with E-state index >= 15 is 0 Å². The van der Waals surface area contributed by atoms with Crippen LogP contribution in [0.2, 0.25) is 0 Å². The van der Waals surface area contributed by atoms with E-state index in [0.29, 0.717) is 6.61 Å². The van der Waals surface area contributed by atoms with Crippen LogP contribution in [0.25, 0.3) is 5.65 Å². The number of carbonyl (C=O) groups excluding carboxylic acids is 1. The van der Waals surface area contributed by atoms with Crippen LogP contribution in [-0.4, -0.2) is 28.5 Å². The molecule has 0 amide bonds. The van der Waals surface area contributed by atoms with Gasteiger partial charge in [0.2, 0.25) is 0 Å². The van der Waals surface area contributed by atoms with Gasteiger partial charge in [-0.3, -0.25) is 9.20 Å². The number of anilines is 1. The summed E-state index contributed by atoms with van der Waals surface area (Å²) in [4.78, 5) is 16.1. The highest BCUT2D eigenvalue weighted by molar-refractivity contribution is 9.10. The number of aromatic nitrogens is 2. The Balaban J connectivity index is 2.30. The van der Waals surface area contributed by atoms with Crippen LogP contribution >= 0.6 is 15.9 Å². The van der Waals surface area contributed by atoms with E-state index in [9.17, 15) is 4.79 Å². The number of hydrogen-bond donors (Lipinski definition) is 1. The Kier molecular flexibility index (Phi) is 5.00. The molecule has 0 radical (unpaired) electrons. The molecule has 1 N–H and O–H groups in total. The second kappa shape index (κ2) is 6.74. The Morgan fingerprint density at radius 2 is 2.25 bits per heavy atom. The van der Waals surface area contributed by atoms with Crippen molar-refractivity contribution < 1.29 is 9.53 Å². The lowest BCUT2D eigenvalue weighted by Gasteiger charge is -2.08. The number of nitrogens with zero attached hydrogens (tertiary/aromatic N) is 2. The van der Waals surface area contributed by atoms with Gasteiger partial charge < -0.3 is 10.1 Å². The van der Waals surface area contributed by atoms with E-state index < -0.39 is 0 Å². The molecule has 20 heavy (non-hydrogen) atoms. The minimum atomic E-state index is -0.264. The van der Waals surface area contributed by atoms with Crippen molar-refractivity contribution in [1.82, 2.24) is 9.38 Å². The SMILES string of the molecule is CCCc1nc2ccc(Br)cn2c1NCC(=O)OCC. The number of carbonyl (C=O) groups is 1. The predicted octanol–water partition coefficient (Wildman–Crippen LogP) is 3.02. The third kappa shape index (κ3) is 3.30. The first-order valence-electron chi connectivity index (χ1n) is 6.71. The highest BCUT2D eigenvalue weighted by Gasteiger charge is 2.13. The van der Waals surface area contributed by atoms with Gasteiger partial charge >= 0.3 is 5.97 Å². The molecule has 0 aliphatic carbocycles. The van der Waals surface area contributed by atoms with Crippen LogP contribution in [0.1, 0.15) is 26.0 Å². The van der Waals surface area contributed by atoms with Gasteiger partial charge in [0.05, 0.1) is 12.3 Å². The van der Waals surface area contributed by atoms with E-state index in [2.05, 4.69) is 33.2 Å². The third-order valence-electron chi connectivity index (χ3n) is 2.85. The summed E-state index contributed by atoms with van der Waals surface area (Å²) in [5, 5.41) is 3.14. The van der Waals surface area contributed by atoms with E-state index in [1.165, 1.54) is 0 Å². The molecule has 108 valence electrons. The normalized spacial score (nSPS) is 10.8. The number of ether oxygens (including phenoxy) is 1. The number of aryl methyl sites for hydroxylation is 1. The van der Waals surface area contributed by atoms with Crippen LogP contribution in [0.15, 0.2) is 22.8 Å². The van der Waals surface area contributed by atoms with E-state index in [1.807, 2.05) is 22.7 Å². The number of rotatable bonds is 6. The monoisotopic (exact) mass is 339 g/mol. The standard InChI is InChI=1S/C14H18BrN3O2/c1-3-5-11-14(16-8-13(19)20-4-2)18-9-10(15)6-7-12(18)17-11/h6-7,9,16H,3-5,8H2,1-2H3. The van der Waals surface area contributed by atoms with Gasteiger partial charge in [-0.15, -0.1) is 0 Å². The number of pyridine rings is 1. The van der Waals surface area contributed by atoms with Crippen LogP contribution in [0.3, 0.4) is 0 Å². The van der Waals surface area contributed by atoms with Gasteiger partial charge in [-0.05, 0) is 41.4 Å². The highest BCUT2D eigenvalue weighted by Crippen LogP contribution is 2.22. The zero-order chi connectivity index (χ0) is 14.5. The van der Waals surface area contributed by atoms with Crippen LogP contribution in [-0.2, 0) is 16.0 Å². The van der Waals surface area contributed by atoms with E-state index in [-0.39, 0.29) is 12.5 Å². The van der Waals surface area contributed by atoms with Crippen molar-refractivity contribution in [3.05, 3.63) is 28.5 Å². The number of fused-ring (bicyclic) bond motifs is 1. The van der Waals surface area contributed by atoms with Gasteiger partial charge in [-0.25, -0.2) is 4.98 Å². The quantitative estimate of drug-likeness (QED) is 0.822. The van der Waals surface area contributed by atoms with Gasteiger partial charge in [0.15, 0.2) is 0 Å². The van der Waals surface area contributed by atoms with Gasteiger partial charge in [0.1, 0.15) is 18.0 Å². The molecular formula is C14H18BrN3O2. The summed E-state index contributed by atoms with van der Waals surface area (Å²) in [6.45, 7) is 4.44. The number of esters is 1. The summed E-state index contributed by atoms with van der Waals surface area (Å²) in [6.07, 6.45) is 3.80. The molecule has 2 heterocycles. The van der Waals surface area contributed by atoms with Gasteiger partial charge in [-0.2, -0.15) is 0 Å². The maximum Gasteiger partial charge on any atom is 0.325 e. The minimum Gasteiger partial charge on any atom is -0.465 e. The average molecular weight is 340 g/mol. The molecule has 0 saturated heterocycles. The molecule has 5 nitrogen and oxygen atoms in total. The fourth-order valence-electron chi connectivity index (χ4n) is 2.03. The smallest absolute Gasteiger partial charge is 0.325 e. The molecule has 2 aromatic rings. The molecule has 2 rings (SSSR count). The molecule has 0 aliphatic heterocycles. The predicted molar refractivity (Wildman–Crippen MR) is 82.0 cm³/mol. The summed E-state index contributed by atoms with van der Waals surface area (Å²) >= 11 is 3.45. The first-order chi connectivity index (χ1) is 9.65. The van der Waals surface area contributed by atoms with Gasteiger partial charge in [-0.1, -0.05) is 13.3 Å². The summed E-state index contributed by atoms with van der Waals surface area (Å²) in [7, 11) is 0. The third-order valence-corrected chi connectivity index (χ3v) is 3.32. The van der Waals surface area contributed by atoms with Crippen molar-refractivity contribution in [3.8, 4) is 0 Å². The highest BCUT2D eigenvalue weighted by atomic mass is 79.9. The Labute approximate surface area is 126 Å². The first-order valence-corrected chi connectivity index (χ1v) is 7.51.